The Labute approximate surface area is 294 Å². The molecular weight excluding hydrogens is 670 g/mol. The molecule has 52 heavy (non-hydrogen) atoms. The molecule has 1 aliphatic carbocycles. The van der Waals surface area contributed by atoms with Gasteiger partial charge in [0.05, 0.1) is 27.7 Å². The van der Waals surface area contributed by atoms with Crippen molar-refractivity contribution >= 4 is 38.8 Å². The van der Waals surface area contributed by atoms with Crippen LogP contribution in [-0.2, 0) is 18.8 Å². The van der Waals surface area contributed by atoms with Gasteiger partial charge in [0.2, 0.25) is 0 Å². The van der Waals surface area contributed by atoms with E-state index >= 15 is 0 Å². The van der Waals surface area contributed by atoms with Crippen LogP contribution in [-0.4, -0.2) is 9.13 Å². The highest BCUT2D eigenvalue weighted by Gasteiger charge is 2.33. The minimum absolute atomic E-state index is 0.470. The molecule has 0 atom stereocenters. The molecule has 0 radical (unpaired) electrons. The van der Waals surface area contributed by atoms with E-state index in [-0.39, 0.29) is 0 Å². The molecule has 0 saturated carbocycles. The number of hydrogen-bond acceptors (Lipinski definition) is 0. The summed E-state index contributed by atoms with van der Waals surface area (Å²) in [5.41, 5.74) is 7.43. The fraction of sp³-hybridized carbons (Fsp3) is 0.0909. The van der Waals surface area contributed by atoms with Gasteiger partial charge in [-0.2, -0.15) is 26.3 Å². The molecule has 256 valence electrons. The molecule has 0 amide bonds. The van der Waals surface area contributed by atoms with E-state index in [1.54, 1.807) is 0 Å². The number of halogens is 6. The van der Waals surface area contributed by atoms with Gasteiger partial charge in [-0.15, -0.1) is 0 Å². The molecule has 0 bridgehead atoms. The molecular formula is C44H28F6N2. The molecule has 0 saturated heterocycles. The van der Waals surface area contributed by atoms with Gasteiger partial charge in [0, 0.05) is 38.8 Å². The monoisotopic (exact) mass is 698 g/mol. The van der Waals surface area contributed by atoms with Gasteiger partial charge < -0.3 is 9.13 Å². The molecule has 0 N–H and O–H groups in total. The van der Waals surface area contributed by atoms with E-state index in [2.05, 4.69) is 6.07 Å². The van der Waals surface area contributed by atoms with Gasteiger partial charge in [-0.1, -0.05) is 78.9 Å². The number of rotatable bonds is 4. The second-order valence-electron chi connectivity index (χ2n) is 13.1. The molecule has 1 aliphatic rings. The molecule has 0 spiro atoms. The van der Waals surface area contributed by atoms with E-state index in [0.717, 1.165) is 63.3 Å². The lowest BCUT2D eigenvalue weighted by Crippen LogP contribution is -2.06. The standard InChI is InChI=1S/C44H28F6N2/c45-43(46,47)31-17-19-41-37(24-31)35-13-4-6-15-39(35)51(41)33-22-30(29-12-8-11-28(21-29)27-9-2-1-3-10-27)23-34(26-33)52-40-16-7-5-14-36(40)38-25-32(44(48,49)50)18-20-42(38)52/h1-6,8-15,17-26H,7,16H2. The molecule has 0 unspecified atom stereocenters. The quantitative estimate of drug-likeness (QED) is 0.162. The molecule has 8 aromatic rings. The van der Waals surface area contributed by atoms with Gasteiger partial charge >= 0.3 is 12.4 Å². The predicted octanol–water partition coefficient (Wildman–Crippen LogP) is 13.1. The minimum atomic E-state index is -4.51. The summed E-state index contributed by atoms with van der Waals surface area (Å²) >= 11 is 0. The van der Waals surface area contributed by atoms with Gasteiger partial charge in [0.15, 0.2) is 0 Å². The van der Waals surface area contributed by atoms with Crippen LogP contribution in [0, 0.1) is 0 Å². The Balaban J connectivity index is 1.35. The second kappa shape index (κ2) is 11.8. The third-order valence-electron chi connectivity index (χ3n) is 9.99. The van der Waals surface area contributed by atoms with Gasteiger partial charge in [-0.05, 0) is 102 Å². The summed E-state index contributed by atoms with van der Waals surface area (Å²) in [5, 5.41) is 1.66. The summed E-state index contributed by atoms with van der Waals surface area (Å²) < 4.78 is 87.6. The zero-order chi connectivity index (χ0) is 35.8. The van der Waals surface area contributed by atoms with Gasteiger partial charge in [0.25, 0.3) is 0 Å². The first-order valence-electron chi connectivity index (χ1n) is 16.9. The smallest absolute Gasteiger partial charge is 0.313 e. The molecule has 6 aromatic carbocycles. The zero-order valence-corrected chi connectivity index (χ0v) is 27.4. The summed E-state index contributed by atoms with van der Waals surface area (Å²) in [7, 11) is 0. The van der Waals surface area contributed by atoms with Crippen molar-refractivity contribution in [3.63, 3.8) is 0 Å². The maximum Gasteiger partial charge on any atom is 0.416 e. The van der Waals surface area contributed by atoms with Crippen LogP contribution < -0.4 is 0 Å². The Hall–Kier alpha value is -6.02. The van der Waals surface area contributed by atoms with E-state index in [1.807, 2.05) is 112 Å². The van der Waals surface area contributed by atoms with Gasteiger partial charge in [0.1, 0.15) is 0 Å². The Bertz CT molecular complexity index is 2710. The maximum atomic E-state index is 13.9. The third kappa shape index (κ3) is 5.29. The number of fused-ring (bicyclic) bond motifs is 6. The first kappa shape index (κ1) is 31.9. The molecule has 2 heterocycles. The summed E-state index contributed by atoms with van der Waals surface area (Å²) in [4.78, 5) is 0. The lowest BCUT2D eigenvalue weighted by Gasteiger charge is -2.18. The lowest BCUT2D eigenvalue weighted by atomic mass is 9.98. The van der Waals surface area contributed by atoms with Crippen molar-refractivity contribution in [2.75, 3.05) is 0 Å². The van der Waals surface area contributed by atoms with Crippen LogP contribution in [0.3, 0.4) is 0 Å². The second-order valence-corrected chi connectivity index (χ2v) is 13.1. The average Bonchev–Trinajstić information content (AvgIpc) is 3.67. The molecule has 0 aliphatic heterocycles. The molecule has 2 nitrogen and oxygen atoms in total. The van der Waals surface area contributed by atoms with E-state index in [9.17, 15) is 26.3 Å². The molecule has 9 rings (SSSR count). The molecule has 2 aromatic heterocycles. The topological polar surface area (TPSA) is 9.86 Å². The van der Waals surface area contributed by atoms with Crippen molar-refractivity contribution < 1.29 is 26.3 Å². The van der Waals surface area contributed by atoms with E-state index < -0.39 is 23.5 Å². The third-order valence-corrected chi connectivity index (χ3v) is 9.99. The zero-order valence-electron chi connectivity index (χ0n) is 27.4. The number of aromatic nitrogens is 2. The van der Waals surface area contributed by atoms with Crippen LogP contribution in [0.5, 0.6) is 0 Å². The van der Waals surface area contributed by atoms with Gasteiger partial charge in [-0.3, -0.25) is 0 Å². The van der Waals surface area contributed by atoms with E-state index in [1.165, 1.54) is 24.3 Å². The Morgan fingerprint density at radius 2 is 1.02 bits per heavy atom. The van der Waals surface area contributed by atoms with Crippen LogP contribution >= 0.6 is 0 Å². The lowest BCUT2D eigenvalue weighted by molar-refractivity contribution is -0.138. The fourth-order valence-electron chi connectivity index (χ4n) is 7.65. The van der Waals surface area contributed by atoms with Crippen LogP contribution in [0.25, 0.3) is 72.4 Å². The number of benzene rings is 6. The predicted molar refractivity (Wildman–Crippen MR) is 196 cm³/mol. The molecule has 8 heteroatoms. The van der Waals surface area contributed by atoms with Crippen molar-refractivity contribution in [2.24, 2.45) is 0 Å². The van der Waals surface area contributed by atoms with Crippen molar-refractivity contribution in [1.29, 1.82) is 0 Å². The van der Waals surface area contributed by atoms with Crippen molar-refractivity contribution in [3.05, 3.63) is 162 Å². The summed E-state index contributed by atoms with van der Waals surface area (Å²) in [6, 6.07) is 39.2. The van der Waals surface area contributed by atoms with E-state index in [4.69, 9.17) is 0 Å². The normalized spacial score (nSPS) is 13.3. The van der Waals surface area contributed by atoms with Crippen LogP contribution in [0.1, 0.15) is 28.8 Å². The Morgan fingerprint density at radius 1 is 0.442 bits per heavy atom. The van der Waals surface area contributed by atoms with Crippen LogP contribution in [0.2, 0.25) is 0 Å². The highest BCUT2D eigenvalue weighted by atomic mass is 19.4. The first-order valence-corrected chi connectivity index (χ1v) is 16.9. The summed E-state index contributed by atoms with van der Waals surface area (Å²) in [6.07, 6.45) is -3.77. The maximum absolute atomic E-state index is 13.9. The first-order chi connectivity index (χ1) is 25.0. The number of nitrogens with zero attached hydrogens (tertiary/aromatic N) is 2. The average molecular weight is 699 g/mol. The number of allylic oxidation sites excluding steroid dienone is 1. The fourth-order valence-corrected chi connectivity index (χ4v) is 7.65. The van der Waals surface area contributed by atoms with Crippen molar-refractivity contribution in [1.82, 2.24) is 9.13 Å². The Morgan fingerprint density at radius 3 is 1.73 bits per heavy atom. The van der Waals surface area contributed by atoms with Crippen LogP contribution in [0.4, 0.5) is 26.3 Å². The summed E-state index contributed by atoms with van der Waals surface area (Å²) in [6.45, 7) is 0. The SMILES string of the molecule is FC(F)(F)c1ccc2c(c1)c1c(n2-c2cc(-c3cccc(-c4ccccc4)c3)cc(-n3c4ccccc4c4cc(C(F)(F)F)ccc43)c2)CCC=C1. The Kier molecular flexibility index (Phi) is 7.23. The van der Waals surface area contributed by atoms with Gasteiger partial charge in [-0.25, -0.2) is 0 Å². The summed E-state index contributed by atoms with van der Waals surface area (Å²) in [5.74, 6) is 0. The highest BCUT2D eigenvalue weighted by Crippen LogP contribution is 2.42. The van der Waals surface area contributed by atoms with E-state index in [0.29, 0.717) is 39.3 Å². The minimum Gasteiger partial charge on any atom is -0.313 e. The van der Waals surface area contributed by atoms with Crippen molar-refractivity contribution in [2.45, 2.75) is 25.2 Å². The molecule has 0 fully saturated rings. The van der Waals surface area contributed by atoms with Crippen molar-refractivity contribution in [3.8, 4) is 33.6 Å². The van der Waals surface area contributed by atoms with Crippen LogP contribution in [0.15, 0.2) is 140 Å². The number of para-hydroxylation sites is 1. The largest absolute Gasteiger partial charge is 0.416 e. The number of hydrogen-bond donors (Lipinski definition) is 0. The number of alkyl halides is 6. The highest BCUT2D eigenvalue weighted by molar-refractivity contribution is 6.09.